The van der Waals surface area contributed by atoms with E-state index in [2.05, 4.69) is 46.0 Å². The smallest absolute Gasteiger partial charge is 0.240 e. The Balaban J connectivity index is 1.48. The number of phenols is 2. The Bertz CT molecular complexity index is 1110. The summed E-state index contributed by atoms with van der Waals surface area (Å²) < 4.78 is 27.2. The standard InChI is InChI=1S/C23H30N4O4S/c1-23(2,26-12-3-4-22-24-14-15-25-22)18-7-5-17(6-8-18)11-13-27-32(30,31)19-9-10-20(28)21(29)16-19/h5-10,14-16,26-29H,3-4,11-13H2,1-2H3,(H,24,25). The van der Waals surface area contributed by atoms with E-state index < -0.39 is 15.8 Å². The van der Waals surface area contributed by atoms with Gasteiger partial charge in [0.15, 0.2) is 11.5 Å². The maximum absolute atomic E-state index is 12.4. The molecule has 0 saturated carbocycles. The number of aromatic nitrogens is 2. The van der Waals surface area contributed by atoms with E-state index in [9.17, 15) is 18.6 Å². The van der Waals surface area contributed by atoms with Gasteiger partial charge < -0.3 is 20.5 Å². The van der Waals surface area contributed by atoms with Crippen LogP contribution < -0.4 is 10.0 Å². The number of nitrogens with zero attached hydrogens (tertiary/aromatic N) is 1. The Morgan fingerprint density at radius 2 is 1.75 bits per heavy atom. The summed E-state index contributed by atoms with van der Waals surface area (Å²) in [5.74, 6) is 0.159. The zero-order valence-corrected chi connectivity index (χ0v) is 19.1. The van der Waals surface area contributed by atoms with Gasteiger partial charge in [-0.25, -0.2) is 18.1 Å². The molecule has 0 spiro atoms. The number of aryl methyl sites for hydroxylation is 1. The number of imidazole rings is 1. The van der Waals surface area contributed by atoms with Gasteiger partial charge in [-0.2, -0.15) is 0 Å². The Morgan fingerprint density at radius 3 is 2.41 bits per heavy atom. The molecule has 0 amide bonds. The van der Waals surface area contributed by atoms with E-state index in [1.807, 2.05) is 18.3 Å². The summed E-state index contributed by atoms with van der Waals surface area (Å²) in [5.41, 5.74) is 1.97. The van der Waals surface area contributed by atoms with Crippen molar-refractivity contribution in [3.8, 4) is 11.5 Å². The van der Waals surface area contributed by atoms with E-state index in [1.165, 1.54) is 6.07 Å². The molecule has 5 N–H and O–H groups in total. The van der Waals surface area contributed by atoms with Crippen molar-refractivity contribution in [3.63, 3.8) is 0 Å². The highest BCUT2D eigenvalue weighted by Gasteiger charge is 2.19. The topological polar surface area (TPSA) is 127 Å². The number of benzene rings is 2. The number of aromatic amines is 1. The summed E-state index contributed by atoms with van der Waals surface area (Å²) in [6, 6.07) is 11.5. The molecule has 0 fully saturated rings. The zero-order chi connectivity index (χ0) is 23.2. The molecular weight excluding hydrogens is 428 g/mol. The first-order valence-electron chi connectivity index (χ1n) is 10.5. The molecule has 32 heavy (non-hydrogen) atoms. The summed E-state index contributed by atoms with van der Waals surface area (Å²) in [7, 11) is -3.77. The van der Waals surface area contributed by atoms with Crippen LogP contribution in [0.3, 0.4) is 0 Å². The first-order chi connectivity index (χ1) is 15.2. The molecule has 9 heteroatoms. The van der Waals surface area contributed by atoms with Gasteiger partial charge in [-0.05, 0) is 56.5 Å². The minimum atomic E-state index is -3.77. The number of hydrogen-bond acceptors (Lipinski definition) is 6. The van der Waals surface area contributed by atoms with E-state index in [0.717, 1.165) is 48.5 Å². The van der Waals surface area contributed by atoms with E-state index >= 15 is 0 Å². The highest BCUT2D eigenvalue weighted by atomic mass is 32.2. The maximum Gasteiger partial charge on any atom is 0.240 e. The average molecular weight is 459 g/mol. The summed E-state index contributed by atoms with van der Waals surface area (Å²) in [6.07, 6.45) is 6.00. The number of sulfonamides is 1. The van der Waals surface area contributed by atoms with Gasteiger partial charge >= 0.3 is 0 Å². The van der Waals surface area contributed by atoms with Gasteiger partial charge in [0.05, 0.1) is 4.90 Å². The molecule has 172 valence electrons. The van der Waals surface area contributed by atoms with Gasteiger partial charge in [-0.15, -0.1) is 0 Å². The molecule has 0 aliphatic heterocycles. The summed E-state index contributed by atoms with van der Waals surface area (Å²) in [4.78, 5) is 7.25. The van der Waals surface area contributed by atoms with E-state index in [1.54, 1.807) is 6.20 Å². The third-order valence-corrected chi connectivity index (χ3v) is 6.81. The van der Waals surface area contributed by atoms with Crippen LogP contribution in [-0.4, -0.2) is 41.7 Å². The molecule has 0 saturated heterocycles. The van der Waals surface area contributed by atoms with Crippen LogP contribution in [0.25, 0.3) is 0 Å². The summed E-state index contributed by atoms with van der Waals surface area (Å²) in [6.45, 7) is 5.36. The van der Waals surface area contributed by atoms with Crippen LogP contribution in [0.2, 0.25) is 0 Å². The maximum atomic E-state index is 12.4. The van der Waals surface area contributed by atoms with E-state index in [4.69, 9.17) is 0 Å². The lowest BCUT2D eigenvalue weighted by atomic mass is 9.93. The second-order valence-electron chi connectivity index (χ2n) is 8.19. The van der Waals surface area contributed by atoms with Gasteiger partial charge in [0.25, 0.3) is 0 Å². The van der Waals surface area contributed by atoms with Crippen molar-refractivity contribution < 1.29 is 18.6 Å². The van der Waals surface area contributed by atoms with Gasteiger partial charge in [0, 0.05) is 37.0 Å². The van der Waals surface area contributed by atoms with Crippen LogP contribution in [0.5, 0.6) is 11.5 Å². The zero-order valence-electron chi connectivity index (χ0n) is 18.3. The number of rotatable bonds is 11. The van der Waals surface area contributed by atoms with Crippen LogP contribution in [0.4, 0.5) is 0 Å². The molecule has 1 heterocycles. The molecule has 0 aliphatic rings. The third kappa shape index (κ3) is 6.32. The molecule has 0 bridgehead atoms. The fraction of sp³-hybridized carbons (Fsp3) is 0.348. The monoisotopic (exact) mass is 458 g/mol. The molecule has 3 rings (SSSR count). The lowest BCUT2D eigenvalue weighted by molar-refractivity contribution is 0.399. The molecule has 3 aromatic rings. The van der Waals surface area contributed by atoms with Crippen LogP contribution in [0, 0.1) is 0 Å². The van der Waals surface area contributed by atoms with E-state index in [-0.39, 0.29) is 22.7 Å². The quantitative estimate of drug-likeness (QED) is 0.222. The normalized spacial score (nSPS) is 12.2. The van der Waals surface area contributed by atoms with Gasteiger partial charge in [0.1, 0.15) is 5.82 Å². The van der Waals surface area contributed by atoms with Crippen molar-refractivity contribution in [1.82, 2.24) is 20.0 Å². The first kappa shape index (κ1) is 23.8. The fourth-order valence-electron chi connectivity index (χ4n) is 3.37. The van der Waals surface area contributed by atoms with Crippen LogP contribution >= 0.6 is 0 Å². The number of hydrogen-bond donors (Lipinski definition) is 5. The number of nitrogens with one attached hydrogen (secondary N) is 3. The Kier molecular flexibility index (Phi) is 7.55. The molecule has 0 radical (unpaired) electrons. The molecule has 0 atom stereocenters. The first-order valence-corrected chi connectivity index (χ1v) is 12.0. The predicted molar refractivity (Wildman–Crippen MR) is 123 cm³/mol. The average Bonchev–Trinajstić information content (AvgIpc) is 3.27. The second kappa shape index (κ2) is 10.2. The van der Waals surface area contributed by atoms with E-state index in [0.29, 0.717) is 6.42 Å². The highest BCUT2D eigenvalue weighted by molar-refractivity contribution is 7.89. The second-order valence-corrected chi connectivity index (χ2v) is 9.95. The van der Waals surface area contributed by atoms with Crippen molar-refractivity contribution in [2.75, 3.05) is 13.1 Å². The molecule has 1 aromatic heterocycles. The van der Waals surface area contributed by atoms with Gasteiger partial charge in [0.2, 0.25) is 10.0 Å². The Labute approximate surface area is 188 Å². The molecule has 8 nitrogen and oxygen atoms in total. The van der Waals surface area contributed by atoms with Crippen molar-refractivity contribution >= 4 is 10.0 Å². The SMILES string of the molecule is CC(C)(NCCCc1ncc[nH]1)c1ccc(CCNS(=O)(=O)c2ccc(O)c(O)c2)cc1. The molecular formula is C23H30N4O4S. The lowest BCUT2D eigenvalue weighted by Crippen LogP contribution is -2.37. The summed E-state index contributed by atoms with van der Waals surface area (Å²) in [5, 5.41) is 22.4. The van der Waals surface area contributed by atoms with Crippen molar-refractivity contribution in [1.29, 1.82) is 0 Å². The minimum Gasteiger partial charge on any atom is -0.504 e. The Morgan fingerprint density at radius 1 is 1.00 bits per heavy atom. The van der Waals surface area contributed by atoms with Gasteiger partial charge in [-0.1, -0.05) is 24.3 Å². The van der Waals surface area contributed by atoms with Crippen LogP contribution in [0.15, 0.2) is 59.8 Å². The van der Waals surface area contributed by atoms with Crippen LogP contribution in [-0.2, 0) is 28.4 Å². The molecule has 0 aliphatic carbocycles. The lowest BCUT2D eigenvalue weighted by Gasteiger charge is -2.27. The Hall–Kier alpha value is -2.88. The van der Waals surface area contributed by atoms with Crippen molar-refractivity contribution in [2.45, 2.75) is 43.5 Å². The number of phenolic OH excluding ortho intramolecular Hbond substituents is 2. The highest BCUT2D eigenvalue weighted by Crippen LogP contribution is 2.27. The largest absolute Gasteiger partial charge is 0.504 e. The number of aromatic hydroxyl groups is 2. The van der Waals surface area contributed by atoms with Crippen molar-refractivity contribution in [3.05, 3.63) is 71.8 Å². The molecule has 2 aromatic carbocycles. The predicted octanol–water partition coefficient (Wildman–Crippen LogP) is 2.80. The number of H-pyrrole nitrogens is 1. The molecule has 0 unspecified atom stereocenters. The van der Waals surface area contributed by atoms with Crippen LogP contribution in [0.1, 0.15) is 37.2 Å². The minimum absolute atomic E-state index is 0.0944. The third-order valence-electron chi connectivity index (χ3n) is 5.35. The van der Waals surface area contributed by atoms with Gasteiger partial charge in [-0.3, -0.25) is 0 Å². The van der Waals surface area contributed by atoms with Crippen molar-refractivity contribution in [2.24, 2.45) is 0 Å². The summed E-state index contributed by atoms with van der Waals surface area (Å²) >= 11 is 0. The fourth-order valence-corrected chi connectivity index (χ4v) is 4.42.